The van der Waals surface area contributed by atoms with Gasteiger partial charge in [0.15, 0.2) is 0 Å². The average Bonchev–Trinajstić information content (AvgIpc) is 2.89. The molecule has 0 spiro atoms. The Morgan fingerprint density at radius 1 is 1.32 bits per heavy atom. The number of benzene rings is 1. The van der Waals surface area contributed by atoms with Gasteiger partial charge in [-0.3, -0.25) is 0 Å². The highest BCUT2D eigenvalue weighted by Gasteiger charge is 2.15. The van der Waals surface area contributed by atoms with E-state index in [1.165, 1.54) is 6.42 Å². The summed E-state index contributed by atoms with van der Waals surface area (Å²) >= 11 is 17.9. The SMILES string of the molecule is ClCc1cc(Cl)cc(Cl)c1OCCCC1CCCO1. The molecule has 1 aromatic rings. The van der Waals surface area contributed by atoms with Gasteiger partial charge in [0.25, 0.3) is 0 Å². The minimum atomic E-state index is 0.335. The molecule has 1 unspecified atom stereocenters. The molecule has 0 radical (unpaired) electrons. The van der Waals surface area contributed by atoms with Gasteiger partial charge in [0.2, 0.25) is 0 Å². The Balaban J connectivity index is 1.84. The lowest BCUT2D eigenvalue weighted by Gasteiger charge is -2.13. The maximum Gasteiger partial charge on any atom is 0.142 e. The molecule has 1 aliphatic heterocycles. The van der Waals surface area contributed by atoms with Gasteiger partial charge in [-0.2, -0.15) is 0 Å². The van der Waals surface area contributed by atoms with Crippen molar-refractivity contribution < 1.29 is 9.47 Å². The molecule has 1 fully saturated rings. The van der Waals surface area contributed by atoms with Crippen LogP contribution in [0.25, 0.3) is 0 Å². The van der Waals surface area contributed by atoms with Crippen molar-refractivity contribution in [3.8, 4) is 5.75 Å². The van der Waals surface area contributed by atoms with Crippen molar-refractivity contribution >= 4 is 34.8 Å². The lowest BCUT2D eigenvalue weighted by atomic mass is 10.1. The van der Waals surface area contributed by atoms with Crippen molar-refractivity contribution in [1.29, 1.82) is 0 Å². The maximum atomic E-state index is 6.13. The molecule has 0 amide bonds. The molecular weight excluding hydrogens is 307 g/mol. The van der Waals surface area contributed by atoms with Crippen molar-refractivity contribution in [3.63, 3.8) is 0 Å². The van der Waals surface area contributed by atoms with Crippen molar-refractivity contribution in [2.45, 2.75) is 37.7 Å². The van der Waals surface area contributed by atoms with Gasteiger partial charge in [0, 0.05) is 17.2 Å². The molecule has 2 rings (SSSR count). The van der Waals surface area contributed by atoms with E-state index in [1.807, 2.05) is 0 Å². The highest BCUT2D eigenvalue weighted by Crippen LogP contribution is 2.33. The van der Waals surface area contributed by atoms with E-state index in [0.717, 1.165) is 31.4 Å². The fourth-order valence-corrected chi connectivity index (χ4v) is 3.02. The third kappa shape index (κ3) is 4.42. The van der Waals surface area contributed by atoms with Crippen LogP contribution in [0.15, 0.2) is 12.1 Å². The van der Waals surface area contributed by atoms with E-state index >= 15 is 0 Å². The summed E-state index contributed by atoms with van der Waals surface area (Å²) < 4.78 is 11.3. The van der Waals surface area contributed by atoms with Gasteiger partial charge in [-0.15, -0.1) is 11.6 Å². The third-order valence-electron chi connectivity index (χ3n) is 3.17. The first-order chi connectivity index (χ1) is 9.20. The predicted molar refractivity (Wildman–Crippen MR) is 79.7 cm³/mol. The van der Waals surface area contributed by atoms with E-state index < -0.39 is 0 Å². The minimum Gasteiger partial charge on any atom is -0.492 e. The highest BCUT2D eigenvalue weighted by atomic mass is 35.5. The van der Waals surface area contributed by atoms with E-state index in [2.05, 4.69) is 0 Å². The Hall–Kier alpha value is -0.150. The van der Waals surface area contributed by atoms with Gasteiger partial charge in [-0.25, -0.2) is 0 Å². The molecule has 1 aliphatic rings. The molecular formula is C14H17Cl3O2. The van der Waals surface area contributed by atoms with Crippen LogP contribution in [-0.2, 0) is 10.6 Å². The van der Waals surface area contributed by atoms with Gasteiger partial charge in [-0.05, 0) is 37.8 Å². The molecule has 0 bridgehead atoms. The van der Waals surface area contributed by atoms with Gasteiger partial charge in [0.1, 0.15) is 5.75 Å². The fourth-order valence-electron chi connectivity index (χ4n) is 2.23. The van der Waals surface area contributed by atoms with Crippen LogP contribution in [0.5, 0.6) is 5.75 Å². The molecule has 0 aromatic heterocycles. The lowest BCUT2D eigenvalue weighted by molar-refractivity contribution is 0.0981. The largest absolute Gasteiger partial charge is 0.492 e. The average molecular weight is 324 g/mol. The highest BCUT2D eigenvalue weighted by molar-refractivity contribution is 6.35. The normalized spacial score (nSPS) is 18.8. The van der Waals surface area contributed by atoms with Crippen LogP contribution in [0.3, 0.4) is 0 Å². The second kappa shape index (κ2) is 7.58. The summed E-state index contributed by atoms with van der Waals surface area (Å²) in [6.07, 6.45) is 4.71. The van der Waals surface area contributed by atoms with Crippen LogP contribution in [-0.4, -0.2) is 19.3 Å². The second-order valence-electron chi connectivity index (χ2n) is 4.64. The molecule has 1 heterocycles. The topological polar surface area (TPSA) is 18.5 Å². The molecule has 19 heavy (non-hydrogen) atoms. The van der Waals surface area contributed by atoms with Crippen LogP contribution in [0.4, 0.5) is 0 Å². The van der Waals surface area contributed by atoms with Gasteiger partial charge < -0.3 is 9.47 Å². The van der Waals surface area contributed by atoms with Crippen molar-refractivity contribution in [1.82, 2.24) is 0 Å². The van der Waals surface area contributed by atoms with Crippen molar-refractivity contribution in [2.75, 3.05) is 13.2 Å². The zero-order valence-corrected chi connectivity index (χ0v) is 12.9. The molecule has 0 N–H and O–H groups in total. The predicted octanol–water partition coefficient (Wildman–Crippen LogP) is 5.07. The smallest absolute Gasteiger partial charge is 0.142 e. The van der Waals surface area contributed by atoms with Crippen LogP contribution in [0.2, 0.25) is 10.0 Å². The van der Waals surface area contributed by atoms with Gasteiger partial charge in [-0.1, -0.05) is 23.2 Å². The lowest BCUT2D eigenvalue weighted by Crippen LogP contribution is -2.08. The van der Waals surface area contributed by atoms with Crippen molar-refractivity contribution in [2.24, 2.45) is 0 Å². The molecule has 0 saturated carbocycles. The number of alkyl halides is 1. The zero-order chi connectivity index (χ0) is 13.7. The maximum absolute atomic E-state index is 6.13. The first-order valence-corrected chi connectivity index (χ1v) is 7.78. The standard InChI is InChI=1S/C14H17Cl3O2/c15-9-10-7-11(16)8-13(17)14(10)19-6-2-4-12-3-1-5-18-12/h7-8,12H,1-6,9H2. The summed E-state index contributed by atoms with van der Waals surface area (Å²) in [5.41, 5.74) is 0.830. The number of ether oxygens (including phenoxy) is 2. The molecule has 5 heteroatoms. The first-order valence-electron chi connectivity index (χ1n) is 6.49. The third-order valence-corrected chi connectivity index (χ3v) is 3.96. The summed E-state index contributed by atoms with van der Waals surface area (Å²) in [5.74, 6) is 0.981. The monoisotopic (exact) mass is 322 g/mol. The fraction of sp³-hybridized carbons (Fsp3) is 0.571. The number of hydrogen-bond acceptors (Lipinski definition) is 2. The molecule has 0 aliphatic carbocycles. The summed E-state index contributed by atoms with van der Waals surface area (Å²) in [6.45, 7) is 1.51. The van der Waals surface area contributed by atoms with E-state index in [1.54, 1.807) is 12.1 Å². The molecule has 1 saturated heterocycles. The van der Waals surface area contributed by atoms with E-state index in [9.17, 15) is 0 Å². The summed E-state index contributed by atoms with van der Waals surface area (Å²) in [6, 6.07) is 3.46. The van der Waals surface area contributed by atoms with Gasteiger partial charge in [0.05, 0.1) is 23.6 Å². The minimum absolute atomic E-state index is 0.335. The van der Waals surface area contributed by atoms with Crippen LogP contribution < -0.4 is 4.74 Å². The number of hydrogen-bond donors (Lipinski definition) is 0. The van der Waals surface area contributed by atoms with E-state index in [4.69, 9.17) is 44.3 Å². The molecule has 106 valence electrons. The Kier molecular flexibility index (Phi) is 6.08. The summed E-state index contributed by atoms with van der Waals surface area (Å²) in [4.78, 5) is 0. The molecule has 2 nitrogen and oxygen atoms in total. The number of rotatable bonds is 6. The number of halogens is 3. The summed E-state index contributed by atoms with van der Waals surface area (Å²) in [7, 11) is 0. The molecule has 1 atom stereocenters. The van der Waals surface area contributed by atoms with Crippen molar-refractivity contribution in [3.05, 3.63) is 27.7 Å². The second-order valence-corrected chi connectivity index (χ2v) is 5.75. The van der Waals surface area contributed by atoms with Gasteiger partial charge >= 0.3 is 0 Å². The van der Waals surface area contributed by atoms with Crippen LogP contribution in [0.1, 0.15) is 31.2 Å². The Morgan fingerprint density at radius 2 is 2.16 bits per heavy atom. The van der Waals surface area contributed by atoms with E-state index in [-0.39, 0.29) is 0 Å². The quantitative estimate of drug-likeness (QED) is 0.537. The summed E-state index contributed by atoms with van der Waals surface area (Å²) in [5, 5.41) is 1.09. The zero-order valence-electron chi connectivity index (χ0n) is 10.6. The van der Waals surface area contributed by atoms with Crippen LogP contribution >= 0.6 is 34.8 Å². The Morgan fingerprint density at radius 3 is 2.84 bits per heavy atom. The Bertz CT molecular complexity index is 417. The molecule has 1 aromatic carbocycles. The Labute approximate surface area is 128 Å². The van der Waals surface area contributed by atoms with E-state index in [0.29, 0.717) is 34.4 Å². The first kappa shape index (κ1) is 15.2. The van der Waals surface area contributed by atoms with Crippen LogP contribution in [0, 0.1) is 0 Å².